The quantitative estimate of drug-likeness (QED) is 0.849. The summed E-state index contributed by atoms with van der Waals surface area (Å²) in [5.74, 6) is 0.0843. The molecule has 0 unspecified atom stereocenters. The summed E-state index contributed by atoms with van der Waals surface area (Å²) in [6, 6.07) is 7.87. The first-order valence-electron chi connectivity index (χ1n) is 6.97. The fourth-order valence-corrected chi connectivity index (χ4v) is 3.12. The maximum absolute atomic E-state index is 10.7. The molecule has 2 aromatic rings. The van der Waals surface area contributed by atoms with Crippen LogP contribution in [0.25, 0.3) is 0 Å². The molecule has 21 heavy (non-hydrogen) atoms. The van der Waals surface area contributed by atoms with Crippen molar-refractivity contribution in [3.8, 4) is 5.75 Å². The Labute approximate surface area is 128 Å². The fourth-order valence-electron chi connectivity index (χ4n) is 2.05. The van der Waals surface area contributed by atoms with E-state index in [1.165, 1.54) is 0 Å². The third kappa shape index (κ3) is 4.29. The van der Waals surface area contributed by atoms with E-state index in [2.05, 4.69) is 4.98 Å². The zero-order chi connectivity index (χ0) is 15.2. The van der Waals surface area contributed by atoms with Gasteiger partial charge < -0.3 is 9.84 Å². The van der Waals surface area contributed by atoms with Crippen LogP contribution >= 0.6 is 11.3 Å². The van der Waals surface area contributed by atoms with Crippen molar-refractivity contribution in [1.29, 1.82) is 0 Å². The Morgan fingerprint density at radius 3 is 2.81 bits per heavy atom. The first kappa shape index (κ1) is 15.5. The van der Waals surface area contributed by atoms with Crippen LogP contribution in [0.2, 0.25) is 0 Å². The molecule has 0 radical (unpaired) electrons. The highest BCUT2D eigenvalue weighted by atomic mass is 32.1. The van der Waals surface area contributed by atoms with E-state index in [4.69, 9.17) is 9.84 Å². The zero-order valence-corrected chi connectivity index (χ0v) is 13.1. The van der Waals surface area contributed by atoms with E-state index >= 15 is 0 Å². The number of carbonyl (C=O) groups is 1. The van der Waals surface area contributed by atoms with Gasteiger partial charge in [-0.3, -0.25) is 4.79 Å². The SMILES string of the molecule is CCc1nc(COc2ccccc2C)sc1CCC(=O)O. The molecule has 112 valence electrons. The molecule has 0 fully saturated rings. The van der Waals surface area contributed by atoms with E-state index in [-0.39, 0.29) is 6.42 Å². The predicted octanol–water partition coefficient (Wildman–Crippen LogP) is 3.61. The van der Waals surface area contributed by atoms with E-state index in [1.54, 1.807) is 11.3 Å². The Hall–Kier alpha value is -1.88. The van der Waals surface area contributed by atoms with Crippen molar-refractivity contribution < 1.29 is 14.6 Å². The zero-order valence-electron chi connectivity index (χ0n) is 12.3. The number of carboxylic acid groups (broad SMARTS) is 1. The Morgan fingerprint density at radius 1 is 1.38 bits per heavy atom. The lowest BCUT2D eigenvalue weighted by Gasteiger charge is -2.06. The second kappa shape index (κ2) is 7.22. The van der Waals surface area contributed by atoms with E-state index in [1.807, 2.05) is 38.1 Å². The summed E-state index contributed by atoms with van der Waals surface area (Å²) in [6.07, 6.45) is 1.50. The van der Waals surface area contributed by atoms with Crippen LogP contribution in [-0.2, 0) is 24.2 Å². The van der Waals surface area contributed by atoms with E-state index in [0.29, 0.717) is 13.0 Å². The smallest absolute Gasteiger partial charge is 0.303 e. The summed E-state index contributed by atoms with van der Waals surface area (Å²) in [6.45, 7) is 4.47. The molecule has 0 bridgehead atoms. The number of aryl methyl sites for hydroxylation is 3. The second-order valence-electron chi connectivity index (χ2n) is 4.78. The average Bonchev–Trinajstić information content (AvgIpc) is 2.86. The molecule has 0 saturated carbocycles. The van der Waals surface area contributed by atoms with Crippen molar-refractivity contribution in [2.24, 2.45) is 0 Å². The molecule has 0 saturated heterocycles. The number of aliphatic carboxylic acids is 1. The van der Waals surface area contributed by atoms with Gasteiger partial charge in [0.15, 0.2) is 0 Å². The van der Waals surface area contributed by atoms with Crippen LogP contribution in [0, 0.1) is 6.92 Å². The minimum absolute atomic E-state index is 0.146. The van der Waals surface area contributed by atoms with Gasteiger partial charge in [-0.1, -0.05) is 25.1 Å². The molecule has 5 heteroatoms. The number of aromatic nitrogens is 1. The maximum atomic E-state index is 10.7. The number of benzene rings is 1. The molecule has 0 atom stereocenters. The summed E-state index contributed by atoms with van der Waals surface area (Å²) in [4.78, 5) is 16.3. The van der Waals surface area contributed by atoms with Crippen LogP contribution in [-0.4, -0.2) is 16.1 Å². The minimum Gasteiger partial charge on any atom is -0.486 e. The molecule has 0 aliphatic rings. The number of hydrogen-bond donors (Lipinski definition) is 1. The molecular weight excluding hydrogens is 286 g/mol. The van der Waals surface area contributed by atoms with Crippen LogP contribution in [0.1, 0.15) is 34.5 Å². The van der Waals surface area contributed by atoms with Gasteiger partial charge in [0.2, 0.25) is 0 Å². The highest BCUT2D eigenvalue weighted by Crippen LogP contribution is 2.23. The Bertz CT molecular complexity index is 622. The Balaban J connectivity index is 2.03. The van der Waals surface area contributed by atoms with Gasteiger partial charge in [0, 0.05) is 4.88 Å². The van der Waals surface area contributed by atoms with Crippen molar-refractivity contribution >= 4 is 17.3 Å². The summed E-state index contributed by atoms with van der Waals surface area (Å²) < 4.78 is 5.79. The van der Waals surface area contributed by atoms with Gasteiger partial charge in [-0.05, 0) is 31.4 Å². The third-order valence-electron chi connectivity index (χ3n) is 3.17. The number of nitrogens with zero attached hydrogens (tertiary/aromatic N) is 1. The largest absolute Gasteiger partial charge is 0.486 e. The first-order chi connectivity index (χ1) is 10.1. The molecule has 0 aliphatic carbocycles. The van der Waals surface area contributed by atoms with E-state index in [9.17, 15) is 4.79 Å². The lowest BCUT2D eigenvalue weighted by molar-refractivity contribution is -0.136. The molecule has 4 nitrogen and oxygen atoms in total. The van der Waals surface area contributed by atoms with E-state index in [0.717, 1.165) is 33.3 Å². The Morgan fingerprint density at radius 2 is 2.14 bits per heavy atom. The normalized spacial score (nSPS) is 10.6. The lowest BCUT2D eigenvalue weighted by atomic mass is 10.2. The number of carboxylic acids is 1. The summed E-state index contributed by atoms with van der Waals surface area (Å²) in [5.41, 5.74) is 2.08. The predicted molar refractivity (Wildman–Crippen MR) is 83.0 cm³/mol. The van der Waals surface area contributed by atoms with Crippen molar-refractivity contribution in [1.82, 2.24) is 4.98 Å². The maximum Gasteiger partial charge on any atom is 0.303 e. The number of rotatable bonds is 7. The van der Waals surface area contributed by atoms with Crippen molar-refractivity contribution in [2.45, 2.75) is 39.7 Å². The molecular formula is C16H19NO3S. The standard InChI is InChI=1S/C16H19NO3S/c1-3-12-14(8-9-16(18)19)21-15(17-12)10-20-13-7-5-4-6-11(13)2/h4-7H,3,8-10H2,1-2H3,(H,18,19). The van der Waals surface area contributed by atoms with Crippen molar-refractivity contribution in [3.63, 3.8) is 0 Å². The number of thiazole rings is 1. The van der Waals surface area contributed by atoms with Crippen molar-refractivity contribution in [3.05, 3.63) is 45.4 Å². The molecule has 0 amide bonds. The third-order valence-corrected chi connectivity index (χ3v) is 4.30. The van der Waals surface area contributed by atoms with Crippen LogP contribution in [0.15, 0.2) is 24.3 Å². The molecule has 1 heterocycles. The van der Waals surface area contributed by atoms with Gasteiger partial charge in [-0.25, -0.2) is 4.98 Å². The van der Waals surface area contributed by atoms with Gasteiger partial charge in [-0.15, -0.1) is 11.3 Å². The van der Waals surface area contributed by atoms with Gasteiger partial charge in [0.1, 0.15) is 17.4 Å². The molecule has 2 rings (SSSR count). The number of para-hydroxylation sites is 1. The van der Waals surface area contributed by atoms with Gasteiger partial charge in [0.25, 0.3) is 0 Å². The molecule has 0 aliphatic heterocycles. The molecule has 1 aromatic carbocycles. The Kier molecular flexibility index (Phi) is 5.33. The minimum atomic E-state index is -0.775. The second-order valence-corrected chi connectivity index (χ2v) is 5.95. The van der Waals surface area contributed by atoms with Crippen LogP contribution in [0.3, 0.4) is 0 Å². The first-order valence-corrected chi connectivity index (χ1v) is 7.79. The molecule has 1 N–H and O–H groups in total. The van der Waals surface area contributed by atoms with Crippen LogP contribution < -0.4 is 4.74 Å². The van der Waals surface area contributed by atoms with Gasteiger partial charge >= 0.3 is 5.97 Å². The number of hydrogen-bond acceptors (Lipinski definition) is 4. The molecule has 0 spiro atoms. The van der Waals surface area contributed by atoms with Crippen LogP contribution in [0.4, 0.5) is 0 Å². The van der Waals surface area contributed by atoms with Gasteiger partial charge in [0.05, 0.1) is 12.1 Å². The summed E-state index contributed by atoms with van der Waals surface area (Å²) in [7, 11) is 0. The number of ether oxygens (including phenoxy) is 1. The monoisotopic (exact) mass is 305 g/mol. The highest BCUT2D eigenvalue weighted by molar-refractivity contribution is 7.11. The fraction of sp³-hybridized carbons (Fsp3) is 0.375. The highest BCUT2D eigenvalue weighted by Gasteiger charge is 2.12. The average molecular weight is 305 g/mol. The topological polar surface area (TPSA) is 59.4 Å². The van der Waals surface area contributed by atoms with Gasteiger partial charge in [-0.2, -0.15) is 0 Å². The summed E-state index contributed by atoms with van der Waals surface area (Å²) in [5, 5.41) is 9.69. The van der Waals surface area contributed by atoms with Crippen molar-refractivity contribution in [2.75, 3.05) is 0 Å². The molecule has 1 aromatic heterocycles. The lowest BCUT2D eigenvalue weighted by Crippen LogP contribution is -1.98. The summed E-state index contributed by atoms with van der Waals surface area (Å²) >= 11 is 1.55. The van der Waals surface area contributed by atoms with Crippen LogP contribution in [0.5, 0.6) is 5.75 Å². The van der Waals surface area contributed by atoms with E-state index < -0.39 is 5.97 Å².